The normalized spacial score (nSPS) is 23.4. The van der Waals surface area contributed by atoms with Crippen molar-refractivity contribution in [1.29, 1.82) is 0 Å². The topological polar surface area (TPSA) is 32.8 Å². The number of hydrogen-bond donors (Lipinski definition) is 0. The molecule has 3 heterocycles. The molecule has 1 amide bonds. The Morgan fingerprint density at radius 2 is 1.85 bits per heavy atom. The van der Waals surface area contributed by atoms with Crippen molar-refractivity contribution in [2.75, 3.05) is 24.5 Å². The first-order valence-corrected chi connectivity index (χ1v) is 9.50. The van der Waals surface area contributed by atoms with Gasteiger partial charge in [0, 0.05) is 12.2 Å². The zero-order chi connectivity index (χ0) is 17.9. The number of hydrogen-bond acceptors (Lipinski definition) is 3. The molecule has 0 radical (unpaired) electrons. The van der Waals surface area contributed by atoms with Crippen molar-refractivity contribution in [3.63, 3.8) is 0 Å². The van der Waals surface area contributed by atoms with E-state index in [9.17, 15) is 4.79 Å². The van der Waals surface area contributed by atoms with Crippen LogP contribution >= 0.6 is 12.4 Å². The van der Waals surface area contributed by atoms with E-state index in [1.54, 1.807) is 4.90 Å². The molecule has 5 heteroatoms. The first kappa shape index (κ1) is 19.7. The van der Waals surface area contributed by atoms with Gasteiger partial charge in [-0.05, 0) is 62.0 Å². The Balaban J connectivity index is 0.00000210. The second-order valence-corrected chi connectivity index (χ2v) is 7.47. The van der Waals surface area contributed by atoms with Crippen molar-refractivity contribution >= 4 is 24.2 Å². The van der Waals surface area contributed by atoms with Crippen molar-refractivity contribution in [1.82, 2.24) is 4.90 Å². The molecule has 0 aliphatic carbocycles. The van der Waals surface area contributed by atoms with Crippen LogP contribution in [0.15, 0.2) is 54.6 Å². The molecule has 5 rings (SSSR count). The Hall–Kier alpha value is -2.04. The molecule has 3 fully saturated rings. The lowest BCUT2D eigenvalue weighted by Gasteiger charge is -2.44. The van der Waals surface area contributed by atoms with Gasteiger partial charge in [-0.25, -0.2) is 4.79 Å². The quantitative estimate of drug-likeness (QED) is 0.766. The number of benzene rings is 2. The minimum Gasteiger partial charge on any atom is -0.444 e. The molecule has 3 saturated heterocycles. The molecule has 144 valence electrons. The van der Waals surface area contributed by atoms with Crippen molar-refractivity contribution in [2.24, 2.45) is 5.92 Å². The molecule has 4 nitrogen and oxygen atoms in total. The van der Waals surface area contributed by atoms with Crippen LogP contribution in [0.3, 0.4) is 0 Å². The number of carbonyl (C=O) groups excluding carboxylic acids is 1. The summed E-state index contributed by atoms with van der Waals surface area (Å²) in [5.74, 6) is 0.514. The summed E-state index contributed by atoms with van der Waals surface area (Å²) in [6, 6.07) is 18.1. The maximum atomic E-state index is 13.1. The third kappa shape index (κ3) is 4.63. The van der Waals surface area contributed by atoms with E-state index in [2.05, 4.69) is 4.90 Å². The maximum absolute atomic E-state index is 13.1. The van der Waals surface area contributed by atoms with Crippen LogP contribution in [0.4, 0.5) is 10.5 Å². The van der Waals surface area contributed by atoms with Crippen LogP contribution in [-0.4, -0.2) is 36.7 Å². The zero-order valence-electron chi connectivity index (χ0n) is 15.7. The third-order valence-corrected chi connectivity index (χ3v) is 5.57. The third-order valence-electron chi connectivity index (χ3n) is 5.57. The number of nitrogens with zero attached hydrogens (tertiary/aromatic N) is 2. The smallest absolute Gasteiger partial charge is 0.414 e. The van der Waals surface area contributed by atoms with Crippen LogP contribution in [0.5, 0.6) is 0 Å². The van der Waals surface area contributed by atoms with E-state index in [0.29, 0.717) is 12.5 Å². The van der Waals surface area contributed by atoms with Gasteiger partial charge in [0.15, 0.2) is 0 Å². The molecule has 0 aromatic heterocycles. The molecular formula is C22H27ClN2O2. The van der Waals surface area contributed by atoms with E-state index in [1.165, 1.54) is 0 Å². The number of amides is 1. The number of anilines is 1. The number of fused-ring (bicyclic) bond motifs is 3. The highest BCUT2D eigenvalue weighted by molar-refractivity contribution is 5.87. The summed E-state index contributed by atoms with van der Waals surface area (Å²) in [5.41, 5.74) is 3.12. The molecule has 2 bridgehead atoms. The monoisotopic (exact) mass is 386 g/mol. The minimum atomic E-state index is -0.238. The summed E-state index contributed by atoms with van der Waals surface area (Å²) in [6.45, 7) is 5.73. The van der Waals surface area contributed by atoms with E-state index in [4.69, 9.17) is 4.74 Å². The van der Waals surface area contributed by atoms with Gasteiger partial charge in [-0.1, -0.05) is 42.5 Å². The fourth-order valence-corrected chi connectivity index (χ4v) is 4.06. The second kappa shape index (κ2) is 8.77. The number of halogens is 1. The van der Waals surface area contributed by atoms with Crippen LogP contribution in [0.1, 0.15) is 24.0 Å². The van der Waals surface area contributed by atoms with E-state index in [0.717, 1.165) is 49.3 Å². The molecule has 0 saturated carbocycles. The maximum Gasteiger partial charge on any atom is 0.414 e. The molecule has 1 atom stereocenters. The Labute approximate surface area is 167 Å². The van der Waals surface area contributed by atoms with Gasteiger partial charge in [0.25, 0.3) is 0 Å². The highest BCUT2D eigenvalue weighted by Gasteiger charge is 2.37. The molecule has 2 aromatic carbocycles. The summed E-state index contributed by atoms with van der Waals surface area (Å²) in [4.78, 5) is 17.3. The fraction of sp³-hybridized carbons (Fsp3) is 0.409. The summed E-state index contributed by atoms with van der Waals surface area (Å²) in [5, 5.41) is 0. The van der Waals surface area contributed by atoms with Crippen molar-refractivity contribution < 1.29 is 9.53 Å². The first-order valence-electron chi connectivity index (χ1n) is 9.50. The highest BCUT2D eigenvalue weighted by Crippen LogP contribution is 2.30. The van der Waals surface area contributed by atoms with Crippen molar-refractivity contribution in [3.8, 4) is 0 Å². The van der Waals surface area contributed by atoms with Crippen LogP contribution < -0.4 is 4.90 Å². The Bertz CT molecular complexity index is 760. The van der Waals surface area contributed by atoms with Gasteiger partial charge in [0.2, 0.25) is 0 Å². The fourth-order valence-electron chi connectivity index (χ4n) is 4.06. The van der Waals surface area contributed by atoms with E-state index in [-0.39, 0.29) is 24.6 Å². The Morgan fingerprint density at radius 3 is 2.48 bits per heavy atom. The van der Waals surface area contributed by atoms with Gasteiger partial charge in [-0.2, -0.15) is 0 Å². The van der Waals surface area contributed by atoms with Crippen LogP contribution in [-0.2, 0) is 11.3 Å². The van der Waals surface area contributed by atoms with Crippen LogP contribution in [0, 0.1) is 12.8 Å². The summed E-state index contributed by atoms with van der Waals surface area (Å²) in [6.07, 6.45) is 2.06. The number of rotatable bonds is 4. The lowest BCUT2D eigenvalue weighted by molar-refractivity contribution is -0.0311. The Morgan fingerprint density at radius 1 is 1.11 bits per heavy atom. The molecule has 3 aliphatic heterocycles. The number of piperidine rings is 3. The molecule has 0 unspecified atom stereocenters. The van der Waals surface area contributed by atoms with Crippen LogP contribution in [0.2, 0.25) is 0 Å². The lowest BCUT2D eigenvalue weighted by Crippen LogP contribution is -2.53. The number of carbonyl (C=O) groups is 1. The number of ether oxygens (including phenoxy) is 1. The number of aryl methyl sites for hydroxylation is 1. The average Bonchev–Trinajstić information content (AvgIpc) is 2.68. The molecule has 3 aliphatic rings. The summed E-state index contributed by atoms with van der Waals surface area (Å²) < 4.78 is 6.00. The SMILES string of the molecule is Cc1cccc(N(Cc2ccccc2)C(=O)O[C@H]2CN3CCC2CC3)c1.Cl. The predicted octanol–water partition coefficient (Wildman–Crippen LogP) is 4.65. The molecule has 2 aromatic rings. The summed E-state index contributed by atoms with van der Waals surface area (Å²) in [7, 11) is 0. The molecule has 27 heavy (non-hydrogen) atoms. The van der Waals surface area contributed by atoms with Gasteiger partial charge in [-0.3, -0.25) is 9.80 Å². The summed E-state index contributed by atoms with van der Waals surface area (Å²) >= 11 is 0. The van der Waals surface area contributed by atoms with Crippen molar-refractivity contribution in [2.45, 2.75) is 32.4 Å². The molecular weight excluding hydrogens is 360 g/mol. The lowest BCUT2D eigenvalue weighted by atomic mass is 9.86. The van der Waals surface area contributed by atoms with E-state index < -0.39 is 0 Å². The van der Waals surface area contributed by atoms with Gasteiger partial charge in [0.05, 0.1) is 6.54 Å². The average molecular weight is 387 g/mol. The van der Waals surface area contributed by atoms with E-state index >= 15 is 0 Å². The standard InChI is InChI=1S/C22H26N2O2.ClH/c1-17-6-5-9-20(14-17)24(15-18-7-3-2-4-8-18)22(25)26-21-16-23-12-10-19(21)11-13-23;/h2-9,14,19,21H,10-13,15-16H2,1H3;1H/t21-;/m0./s1. The highest BCUT2D eigenvalue weighted by atomic mass is 35.5. The first-order chi connectivity index (χ1) is 12.7. The van der Waals surface area contributed by atoms with E-state index in [1.807, 2.05) is 61.5 Å². The van der Waals surface area contributed by atoms with Gasteiger partial charge in [-0.15, -0.1) is 12.4 Å². The molecule has 0 N–H and O–H groups in total. The second-order valence-electron chi connectivity index (χ2n) is 7.47. The Kier molecular flexibility index (Phi) is 6.40. The zero-order valence-corrected chi connectivity index (χ0v) is 16.5. The van der Waals surface area contributed by atoms with Gasteiger partial charge >= 0.3 is 6.09 Å². The molecule has 0 spiro atoms. The largest absolute Gasteiger partial charge is 0.444 e. The van der Waals surface area contributed by atoms with Crippen LogP contribution in [0.25, 0.3) is 0 Å². The van der Waals surface area contributed by atoms with Gasteiger partial charge in [0.1, 0.15) is 6.10 Å². The van der Waals surface area contributed by atoms with Gasteiger partial charge < -0.3 is 4.74 Å². The predicted molar refractivity (Wildman–Crippen MR) is 110 cm³/mol. The minimum absolute atomic E-state index is 0. The van der Waals surface area contributed by atoms with Crippen molar-refractivity contribution in [3.05, 3.63) is 65.7 Å².